The van der Waals surface area contributed by atoms with Gasteiger partial charge in [0, 0.05) is 13.0 Å². The molecule has 0 aliphatic carbocycles. The molecule has 0 heterocycles. The fraction of sp³-hybridized carbons (Fsp3) is 0.900. The van der Waals surface area contributed by atoms with E-state index in [1.54, 1.807) is 0 Å². The Morgan fingerprint density at radius 3 is 2.56 bits per heavy atom. The number of rotatable bonds is 8. The van der Waals surface area contributed by atoms with E-state index < -0.39 is 18.6 Å². The predicted molar refractivity (Wildman–Crippen MR) is 52.1 cm³/mol. The molecule has 0 spiro atoms. The van der Waals surface area contributed by atoms with Gasteiger partial charge in [-0.25, -0.2) is 0 Å². The summed E-state index contributed by atoms with van der Waals surface area (Å²) in [6.07, 6.45) is -3.84. The Balaban J connectivity index is 3.37. The molecule has 0 saturated carbocycles. The van der Waals surface area contributed by atoms with Gasteiger partial charge in [-0.2, -0.15) is 13.2 Å². The average molecular weight is 242 g/mol. The Hall–Kier alpha value is -0.780. The summed E-state index contributed by atoms with van der Waals surface area (Å²) in [5.41, 5.74) is 0. The number of aliphatic carboxylic acids is 1. The highest BCUT2D eigenvalue weighted by Crippen LogP contribution is 2.19. The van der Waals surface area contributed by atoms with E-state index in [2.05, 4.69) is 0 Å². The van der Waals surface area contributed by atoms with Gasteiger partial charge in [-0.1, -0.05) is 6.92 Å². The number of alkyl halides is 3. The van der Waals surface area contributed by atoms with Gasteiger partial charge in [0.1, 0.15) is 0 Å². The Bertz CT molecular complexity index is 204. The maximum Gasteiger partial charge on any atom is 0.391 e. The van der Waals surface area contributed by atoms with Crippen molar-refractivity contribution in [3.8, 4) is 0 Å². The molecule has 0 aromatic carbocycles. The molecule has 0 radical (unpaired) electrons. The second-order valence-corrected chi connectivity index (χ2v) is 3.83. The highest BCUT2D eigenvalue weighted by atomic mass is 19.4. The molecule has 1 unspecified atom stereocenters. The lowest BCUT2D eigenvalue weighted by Crippen LogP contribution is -2.14. The number of carboxylic acids is 1. The van der Waals surface area contributed by atoms with Gasteiger partial charge in [0.15, 0.2) is 0 Å². The van der Waals surface area contributed by atoms with Crippen LogP contribution in [0.25, 0.3) is 0 Å². The van der Waals surface area contributed by atoms with Crippen LogP contribution in [0.3, 0.4) is 0 Å². The van der Waals surface area contributed by atoms with Crippen LogP contribution >= 0.6 is 0 Å². The number of hydrogen-bond acceptors (Lipinski definition) is 2. The summed E-state index contributed by atoms with van der Waals surface area (Å²) in [6.45, 7) is 1.75. The first-order valence-electron chi connectivity index (χ1n) is 5.17. The summed E-state index contributed by atoms with van der Waals surface area (Å²) < 4.78 is 40.0. The van der Waals surface area contributed by atoms with Crippen molar-refractivity contribution in [1.82, 2.24) is 0 Å². The van der Waals surface area contributed by atoms with Crippen molar-refractivity contribution in [3.63, 3.8) is 0 Å². The van der Waals surface area contributed by atoms with Crippen molar-refractivity contribution < 1.29 is 27.8 Å². The fourth-order valence-corrected chi connectivity index (χ4v) is 1.16. The molecule has 3 nitrogen and oxygen atoms in total. The summed E-state index contributed by atoms with van der Waals surface area (Å²) in [5, 5.41) is 8.37. The van der Waals surface area contributed by atoms with Gasteiger partial charge in [0.05, 0.1) is 13.0 Å². The largest absolute Gasteiger partial charge is 0.481 e. The molecule has 0 aliphatic rings. The molecular weight excluding hydrogens is 225 g/mol. The third-order valence-corrected chi connectivity index (χ3v) is 2.02. The molecule has 1 atom stereocenters. The highest BCUT2D eigenvalue weighted by Gasteiger charge is 2.26. The molecule has 96 valence electrons. The topological polar surface area (TPSA) is 46.5 Å². The van der Waals surface area contributed by atoms with E-state index in [0.29, 0.717) is 12.8 Å². The monoisotopic (exact) mass is 242 g/mol. The highest BCUT2D eigenvalue weighted by molar-refractivity contribution is 5.66. The van der Waals surface area contributed by atoms with E-state index in [1.807, 2.05) is 6.92 Å². The van der Waals surface area contributed by atoms with E-state index in [4.69, 9.17) is 9.84 Å². The average Bonchev–Trinajstić information content (AvgIpc) is 2.10. The second-order valence-electron chi connectivity index (χ2n) is 3.83. The van der Waals surface area contributed by atoms with Gasteiger partial charge >= 0.3 is 12.1 Å². The van der Waals surface area contributed by atoms with Gasteiger partial charge in [0.2, 0.25) is 0 Å². The molecule has 0 aromatic rings. The summed E-state index contributed by atoms with van der Waals surface area (Å²) in [6, 6.07) is 0. The molecule has 16 heavy (non-hydrogen) atoms. The SMILES string of the molecule is CC(CCCC(=O)O)COCCC(F)(F)F. The maximum absolute atomic E-state index is 11.7. The van der Waals surface area contributed by atoms with Crippen LogP contribution in [0.4, 0.5) is 13.2 Å². The zero-order valence-corrected chi connectivity index (χ0v) is 9.22. The predicted octanol–water partition coefficient (Wildman–Crippen LogP) is 2.85. The van der Waals surface area contributed by atoms with Gasteiger partial charge in [-0.3, -0.25) is 4.79 Å². The normalized spacial score (nSPS) is 13.8. The number of carboxylic acid groups (broad SMARTS) is 1. The molecule has 1 N–H and O–H groups in total. The van der Waals surface area contributed by atoms with Gasteiger partial charge in [0.25, 0.3) is 0 Å². The second kappa shape index (κ2) is 7.49. The van der Waals surface area contributed by atoms with Crippen LogP contribution in [0.1, 0.15) is 32.6 Å². The lowest BCUT2D eigenvalue weighted by Gasteiger charge is -2.12. The maximum atomic E-state index is 11.7. The molecule has 0 rings (SSSR count). The van der Waals surface area contributed by atoms with Crippen molar-refractivity contribution >= 4 is 5.97 Å². The van der Waals surface area contributed by atoms with Crippen LogP contribution in [0.15, 0.2) is 0 Å². The van der Waals surface area contributed by atoms with E-state index in [0.717, 1.165) is 0 Å². The van der Waals surface area contributed by atoms with Crippen molar-refractivity contribution in [2.24, 2.45) is 5.92 Å². The Labute approximate surface area is 92.6 Å². The van der Waals surface area contributed by atoms with E-state index in [9.17, 15) is 18.0 Å². The molecule has 0 fully saturated rings. The Morgan fingerprint density at radius 2 is 2.06 bits per heavy atom. The van der Waals surface area contributed by atoms with Crippen molar-refractivity contribution in [2.75, 3.05) is 13.2 Å². The fourth-order valence-electron chi connectivity index (χ4n) is 1.16. The summed E-state index contributed by atoms with van der Waals surface area (Å²) >= 11 is 0. The van der Waals surface area contributed by atoms with Crippen molar-refractivity contribution in [1.29, 1.82) is 0 Å². The van der Waals surface area contributed by atoms with E-state index in [1.165, 1.54) is 0 Å². The molecule has 0 bridgehead atoms. The van der Waals surface area contributed by atoms with Gasteiger partial charge in [-0.05, 0) is 18.8 Å². The van der Waals surface area contributed by atoms with Crippen LogP contribution in [0.2, 0.25) is 0 Å². The lowest BCUT2D eigenvalue weighted by molar-refractivity contribution is -0.146. The minimum atomic E-state index is -4.17. The summed E-state index contributed by atoms with van der Waals surface area (Å²) in [4.78, 5) is 10.2. The minimum absolute atomic E-state index is 0.0902. The molecule has 0 aromatic heterocycles. The number of halogens is 3. The molecular formula is C10H17F3O3. The minimum Gasteiger partial charge on any atom is -0.481 e. The van der Waals surface area contributed by atoms with Crippen LogP contribution in [0, 0.1) is 5.92 Å². The van der Waals surface area contributed by atoms with Crippen molar-refractivity contribution in [2.45, 2.75) is 38.8 Å². The first-order valence-corrected chi connectivity index (χ1v) is 5.17. The van der Waals surface area contributed by atoms with Crippen LogP contribution in [0.5, 0.6) is 0 Å². The van der Waals surface area contributed by atoms with Gasteiger partial charge < -0.3 is 9.84 Å². The number of carbonyl (C=O) groups is 1. The Morgan fingerprint density at radius 1 is 1.44 bits per heavy atom. The summed E-state index contributed by atoms with van der Waals surface area (Å²) in [7, 11) is 0. The van der Waals surface area contributed by atoms with Gasteiger partial charge in [-0.15, -0.1) is 0 Å². The third kappa shape index (κ3) is 11.3. The Kier molecular flexibility index (Phi) is 7.12. The van der Waals surface area contributed by atoms with Crippen LogP contribution in [-0.2, 0) is 9.53 Å². The molecule has 0 saturated heterocycles. The number of ether oxygens (including phenoxy) is 1. The van der Waals surface area contributed by atoms with E-state index >= 15 is 0 Å². The molecule has 0 amide bonds. The third-order valence-electron chi connectivity index (χ3n) is 2.02. The van der Waals surface area contributed by atoms with E-state index in [-0.39, 0.29) is 25.6 Å². The van der Waals surface area contributed by atoms with Crippen LogP contribution in [-0.4, -0.2) is 30.5 Å². The zero-order valence-electron chi connectivity index (χ0n) is 9.22. The summed E-state index contributed by atoms with van der Waals surface area (Å²) in [5.74, 6) is -0.766. The lowest BCUT2D eigenvalue weighted by atomic mass is 10.1. The van der Waals surface area contributed by atoms with Crippen LogP contribution < -0.4 is 0 Å². The standard InChI is InChI=1S/C10H17F3O3/c1-8(3-2-4-9(14)15)7-16-6-5-10(11,12)13/h8H,2-7H2,1H3,(H,14,15). The smallest absolute Gasteiger partial charge is 0.391 e. The van der Waals surface area contributed by atoms with Crippen molar-refractivity contribution in [3.05, 3.63) is 0 Å². The quantitative estimate of drug-likeness (QED) is 0.666. The molecule has 6 heteroatoms. The first kappa shape index (κ1) is 15.2. The first-order chi connectivity index (χ1) is 7.31. The molecule has 0 aliphatic heterocycles. The zero-order chi connectivity index (χ0) is 12.6. The number of hydrogen-bond donors (Lipinski definition) is 1.